The van der Waals surface area contributed by atoms with Gasteiger partial charge in [0.2, 0.25) is 10.0 Å². The summed E-state index contributed by atoms with van der Waals surface area (Å²) in [4.78, 5) is 17.9. The molecule has 0 saturated carbocycles. The van der Waals surface area contributed by atoms with Gasteiger partial charge in [0.1, 0.15) is 0 Å². The van der Waals surface area contributed by atoms with Gasteiger partial charge in [0.05, 0.1) is 12.1 Å². The van der Waals surface area contributed by atoms with Crippen LogP contribution >= 0.6 is 0 Å². The first-order valence-corrected chi connectivity index (χ1v) is 10.7. The molecule has 1 aromatic carbocycles. The maximum Gasteiger partial charge on any atom is 0.317 e. The number of nitrogens with one attached hydrogen (secondary N) is 1. The second-order valence-corrected chi connectivity index (χ2v) is 8.48. The lowest BCUT2D eigenvalue weighted by atomic mass is 10.2. The van der Waals surface area contributed by atoms with Gasteiger partial charge in [0.15, 0.2) is 0 Å². The molecule has 2 aromatic rings. The van der Waals surface area contributed by atoms with E-state index in [1.165, 1.54) is 4.31 Å². The molecule has 1 fully saturated rings. The SMILES string of the molecule is O=C(NCCCn1ccnc1)N1CCN(S(=O)(=O)Cc2ccccc2)CC1. The lowest BCUT2D eigenvalue weighted by Crippen LogP contribution is -2.53. The Hall–Kier alpha value is -2.39. The Morgan fingerprint density at radius 3 is 2.52 bits per heavy atom. The number of carbonyl (C=O) groups excluding carboxylic acids is 1. The van der Waals surface area contributed by atoms with Crippen molar-refractivity contribution in [2.45, 2.75) is 18.7 Å². The third-order valence-corrected chi connectivity index (χ3v) is 6.39. The predicted molar refractivity (Wildman–Crippen MR) is 102 cm³/mol. The molecule has 0 unspecified atom stereocenters. The molecule has 2 heterocycles. The topological polar surface area (TPSA) is 87.5 Å². The highest BCUT2D eigenvalue weighted by Gasteiger charge is 2.28. The Bertz CT molecular complexity index is 816. The third-order valence-electron chi connectivity index (χ3n) is 4.54. The average Bonchev–Trinajstić information content (AvgIpc) is 3.19. The normalized spacial score (nSPS) is 15.6. The molecule has 0 bridgehead atoms. The molecular formula is C18H25N5O3S. The van der Waals surface area contributed by atoms with E-state index in [1.807, 2.05) is 41.1 Å². The van der Waals surface area contributed by atoms with E-state index in [9.17, 15) is 13.2 Å². The zero-order chi connectivity index (χ0) is 19.1. The van der Waals surface area contributed by atoms with Crippen molar-refractivity contribution in [2.75, 3.05) is 32.7 Å². The second-order valence-electron chi connectivity index (χ2n) is 6.51. The maximum atomic E-state index is 12.6. The zero-order valence-corrected chi connectivity index (χ0v) is 16.0. The first-order valence-electron chi connectivity index (χ1n) is 9.05. The van der Waals surface area contributed by atoms with E-state index in [-0.39, 0.29) is 11.8 Å². The van der Waals surface area contributed by atoms with Crippen LogP contribution in [0.25, 0.3) is 0 Å². The molecule has 1 N–H and O–H groups in total. The highest BCUT2D eigenvalue weighted by molar-refractivity contribution is 7.88. The molecule has 3 rings (SSSR count). The van der Waals surface area contributed by atoms with Crippen molar-refractivity contribution in [1.82, 2.24) is 24.1 Å². The van der Waals surface area contributed by atoms with Gasteiger partial charge in [-0.25, -0.2) is 18.2 Å². The largest absolute Gasteiger partial charge is 0.338 e. The van der Waals surface area contributed by atoms with Crippen LogP contribution in [0.5, 0.6) is 0 Å². The molecule has 8 nitrogen and oxygen atoms in total. The Labute approximate surface area is 159 Å². The van der Waals surface area contributed by atoms with Gasteiger partial charge in [-0.1, -0.05) is 30.3 Å². The van der Waals surface area contributed by atoms with Crippen LogP contribution in [0.2, 0.25) is 0 Å². The number of nitrogens with zero attached hydrogens (tertiary/aromatic N) is 4. The summed E-state index contributed by atoms with van der Waals surface area (Å²) in [5.41, 5.74) is 0.774. The lowest BCUT2D eigenvalue weighted by Gasteiger charge is -2.34. The fraction of sp³-hybridized carbons (Fsp3) is 0.444. The molecule has 0 aliphatic carbocycles. The monoisotopic (exact) mass is 391 g/mol. The number of aryl methyl sites for hydroxylation is 1. The molecule has 9 heteroatoms. The first kappa shape index (κ1) is 19.4. The Balaban J connectivity index is 1.40. The standard InChI is InChI=1S/C18H25N5O3S/c24-18(20-7-4-9-21-10-8-19-16-21)22-11-13-23(14-12-22)27(25,26)15-17-5-2-1-3-6-17/h1-3,5-6,8,10,16H,4,7,9,11-15H2,(H,20,24). The Morgan fingerprint density at radius 2 is 1.85 bits per heavy atom. The van der Waals surface area contributed by atoms with Crippen LogP contribution < -0.4 is 5.32 Å². The summed E-state index contributed by atoms with van der Waals surface area (Å²) in [5.74, 6) is -0.00567. The van der Waals surface area contributed by atoms with Crippen molar-refractivity contribution in [2.24, 2.45) is 0 Å². The average molecular weight is 391 g/mol. The molecule has 1 aliphatic heterocycles. The van der Waals surface area contributed by atoms with Crippen LogP contribution in [-0.2, 0) is 22.3 Å². The van der Waals surface area contributed by atoms with Crippen molar-refractivity contribution < 1.29 is 13.2 Å². The number of piperazine rings is 1. The molecule has 27 heavy (non-hydrogen) atoms. The Morgan fingerprint density at radius 1 is 1.11 bits per heavy atom. The minimum absolute atomic E-state index is 0.00567. The third kappa shape index (κ3) is 5.54. The van der Waals surface area contributed by atoms with E-state index < -0.39 is 10.0 Å². The van der Waals surface area contributed by atoms with E-state index in [4.69, 9.17) is 0 Å². The number of amides is 2. The Kier molecular flexibility index (Phi) is 6.46. The van der Waals surface area contributed by atoms with E-state index in [0.29, 0.717) is 32.7 Å². The van der Waals surface area contributed by atoms with Gasteiger partial charge < -0.3 is 14.8 Å². The molecule has 0 atom stereocenters. The summed E-state index contributed by atoms with van der Waals surface area (Å²) in [6.07, 6.45) is 6.17. The number of benzene rings is 1. The van der Waals surface area contributed by atoms with Crippen molar-refractivity contribution in [3.8, 4) is 0 Å². The summed E-state index contributed by atoms with van der Waals surface area (Å²) in [6, 6.07) is 9.01. The van der Waals surface area contributed by atoms with E-state index >= 15 is 0 Å². The van der Waals surface area contributed by atoms with Gasteiger partial charge in [-0.3, -0.25) is 0 Å². The predicted octanol–water partition coefficient (Wildman–Crippen LogP) is 1.13. The highest BCUT2D eigenvalue weighted by Crippen LogP contribution is 2.13. The fourth-order valence-electron chi connectivity index (χ4n) is 3.03. The number of sulfonamides is 1. The maximum absolute atomic E-state index is 12.6. The molecule has 0 radical (unpaired) electrons. The molecule has 1 saturated heterocycles. The first-order chi connectivity index (χ1) is 13.0. The van der Waals surface area contributed by atoms with Crippen molar-refractivity contribution in [3.05, 3.63) is 54.6 Å². The van der Waals surface area contributed by atoms with Crippen molar-refractivity contribution in [3.63, 3.8) is 0 Å². The van der Waals surface area contributed by atoms with Gasteiger partial charge in [0.25, 0.3) is 0 Å². The summed E-state index contributed by atoms with van der Waals surface area (Å²) in [6.45, 7) is 2.84. The lowest BCUT2D eigenvalue weighted by molar-refractivity contribution is 0.172. The van der Waals surface area contributed by atoms with E-state index in [2.05, 4.69) is 10.3 Å². The second kappa shape index (κ2) is 9.01. The van der Waals surface area contributed by atoms with E-state index in [0.717, 1.165) is 18.5 Å². The molecule has 146 valence electrons. The number of hydrogen-bond acceptors (Lipinski definition) is 4. The number of hydrogen-bond donors (Lipinski definition) is 1. The van der Waals surface area contributed by atoms with Crippen LogP contribution in [0.4, 0.5) is 4.79 Å². The van der Waals surface area contributed by atoms with Gasteiger partial charge in [-0.2, -0.15) is 4.31 Å². The molecule has 1 aromatic heterocycles. The van der Waals surface area contributed by atoms with Gasteiger partial charge >= 0.3 is 6.03 Å². The van der Waals surface area contributed by atoms with Gasteiger partial charge in [-0.05, 0) is 12.0 Å². The number of imidazole rings is 1. The van der Waals surface area contributed by atoms with Crippen LogP contribution in [-0.4, -0.2) is 65.9 Å². The number of urea groups is 1. The zero-order valence-electron chi connectivity index (χ0n) is 15.2. The van der Waals surface area contributed by atoms with Crippen LogP contribution in [0.1, 0.15) is 12.0 Å². The summed E-state index contributed by atoms with van der Waals surface area (Å²) in [5, 5.41) is 2.89. The molecule has 1 aliphatic rings. The highest BCUT2D eigenvalue weighted by atomic mass is 32.2. The van der Waals surface area contributed by atoms with E-state index in [1.54, 1.807) is 17.4 Å². The summed E-state index contributed by atoms with van der Waals surface area (Å²) >= 11 is 0. The van der Waals surface area contributed by atoms with Crippen molar-refractivity contribution >= 4 is 16.1 Å². The number of rotatable bonds is 7. The molecular weight excluding hydrogens is 366 g/mol. The minimum Gasteiger partial charge on any atom is -0.338 e. The molecule has 0 spiro atoms. The quantitative estimate of drug-likeness (QED) is 0.717. The fourth-order valence-corrected chi connectivity index (χ4v) is 4.55. The minimum atomic E-state index is -3.37. The number of carbonyl (C=O) groups is 1. The van der Waals surface area contributed by atoms with Crippen LogP contribution in [0.15, 0.2) is 49.1 Å². The smallest absolute Gasteiger partial charge is 0.317 e. The van der Waals surface area contributed by atoms with Crippen LogP contribution in [0.3, 0.4) is 0 Å². The summed E-state index contributed by atoms with van der Waals surface area (Å²) in [7, 11) is -3.37. The van der Waals surface area contributed by atoms with Crippen LogP contribution in [0, 0.1) is 0 Å². The summed E-state index contributed by atoms with van der Waals surface area (Å²) < 4.78 is 28.5. The molecule has 2 amide bonds. The van der Waals surface area contributed by atoms with Gasteiger partial charge in [0, 0.05) is 51.7 Å². The number of aromatic nitrogens is 2. The van der Waals surface area contributed by atoms with Gasteiger partial charge in [-0.15, -0.1) is 0 Å². The van der Waals surface area contributed by atoms with Crippen molar-refractivity contribution in [1.29, 1.82) is 0 Å².